The zero-order chi connectivity index (χ0) is 34.5. The van der Waals surface area contributed by atoms with Crippen LogP contribution in [-0.4, -0.2) is 54.9 Å². The number of hydrogen-bond acceptors (Lipinski definition) is 8. The molecule has 0 aliphatic carbocycles. The van der Waals surface area contributed by atoms with Gasteiger partial charge in [0.25, 0.3) is 0 Å². The Morgan fingerprint density at radius 1 is 0.673 bits per heavy atom. The highest BCUT2D eigenvalue weighted by Crippen LogP contribution is 2.28. The quantitative estimate of drug-likeness (QED) is 0.147. The van der Waals surface area contributed by atoms with E-state index in [4.69, 9.17) is 28.4 Å². The van der Waals surface area contributed by atoms with Crippen LogP contribution in [0.3, 0.4) is 0 Å². The van der Waals surface area contributed by atoms with Crippen LogP contribution in [0, 0.1) is 0 Å². The minimum atomic E-state index is -1.16. The Balaban J connectivity index is 1.39. The van der Waals surface area contributed by atoms with E-state index in [1.807, 2.05) is 121 Å². The average molecular weight is 668 g/mol. The third-order valence-corrected chi connectivity index (χ3v) is 7.75. The predicted octanol–water partition coefficient (Wildman–Crippen LogP) is 6.78. The number of hydrogen-bond donors (Lipinski definition) is 1. The number of nitrogens with one attached hydrogen (secondary N) is 1. The Labute approximate surface area is 288 Å². The molecule has 1 saturated heterocycles. The van der Waals surface area contributed by atoms with Crippen molar-refractivity contribution in [2.45, 2.75) is 83.3 Å². The van der Waals surface area contributed by atoms with E-state index in [0.29, 0.717) is 6.61 Å². The van der Waals surface area contributed by atoms with Gasteiger partial charge in [0.1, 0.15) is 30.0 Å². The fourth-order valence-electron chi connectivity index (χ4n) is 5.37. The van der Waals surface area contributed by atoms with Crippen molar-refractivity contribution in [1.82, 2.24) is 5.32 Å². The molecule has 4 aromatic carbocycles. The van der Waals surface area contributed by atoms with Crippen LogP contribution >= 0.6 is 0 Å². The minimum Gasteiger partial charge on any atom is -0.444 e. The number of alkyl carbamates (subject to hydrolysis) is 1. The first-order valence-electron chi connectivity index (χ1n) is 16.6. The SMILES string of the molecule is CC(C)(C)OC(=O)NC(Cc1ccccc1)C(=O)OC1OCC(OCc2ccccc2)C(OCc2ccccc2)C1OCc1ccccc1. The second-order valence-corrected chi connectivity index (χ2v) is 12.9. The van der Waals surface area contributed by atoms with Crippen LogP contribution in [0.5, 0.6) is 0 Å². The molecule has 1 aliphatic heterocycles. The number of carbonyl (C=O) groups excluding carboxylic acids is 2. The molecule has 0 radical (unpaired) electrons. The van der Waals surface area contributed by atoms with E-state index in [0.717, 1.165) is 22.3 Å². The smallest absolute Gasteiger partial charge is 0.408 e. The molecule has 1 amide bonds. The first-order chi connectivity index (χ1) is 23.7. The molecule has 5 rings (SSSR count). The summed E-state index contributed by atoms with van der Waals surface area (Å²) in [5, 5.41) is 2.70. The fourth-order valence-corrected chi connectivity index (χ4v) is 5.37. The van der Waals surface area contributed by atoms with Gasteiger partial charge in [0, 0.05) is 6.42 Å². The van der Waals surface area contributed by atoms with E-state index in [9.17, 15) is 9.59 Å². The van der Waals surface area contributed by atoms with Crippen LogP contribution < -0.4 is 5.32 Å². The van der Waals surface area contributed by atoms with Gasteiger partial charge in [0.15, 0.2) is 0 Å². The minimum absolute atomic E-state index is 0.0816. The van der Waals surface area contributed by atoms with Gasteiger partial charge in [-0.25, -0.2) is 9.59 Å². The highest BCUT2D eigenvalue weighted by atomic mass is 16.7. The molecular weight excluding hydrogens is 622 g/mol. The third kappa shape index (κ3) is 11.5. The van der Waals surface area contributed by atoms with Crippen LogP contribution in [0.4, 0.5) is 4.79 Å². The van der Waals surface area contributed by atoms with Crippen LogP contribution in [0.15, 0.2) is 121 Å². The Bertz CT molecular complexity index is 1560. The molecule has 0 bridgehead atoms. The first-order valence-corrected chi connectivity index (χ1v) is 16.6. The largest absolute Gasteiger partial charge is 0.444 e. The lowest BCUT2D eigenvalue weighted by Crippen LogP contribution is -2.58. The Morgan fingerprint density at radius 3 is 1.61 bits per heavy atom. The highest BCUT2D eigenvalue weighted by Gasteiger charge is 2.46. The lowest BCUT2D eigenvalue weighted by Gasteiger charge is -2.41. The molecule has 1 heterocycles. The molecule has 49 heavy (non-hydrogen) atoms. The van der Waals surface area contributed by atoms with Crippen molar-refractivity contribution in [3.63, 3.8) is 0 Å². The third-order valence-electron chi connectivity index (χ3n) is 7.75. The molecule has 9 heteroatoms. The summed E-state index contributed by atoms with van der Waals surface area (Å²) in [6, 6.07) is 37.7. The van der Waals surface area contributed by atoms with Crippen LogP contribution in [0.25, 0.3) is 0 Å². The van der Waals surface area contributed by atoms with Gasteiger partial charge < -0.3 is 33.7 Å². The van der Waals surface area contributed by atoms with E-state index in [1.165, 1.54) is 0 Å². The lowest BCUT2D eigenvalue weighted by molar-refractivity contribution is -0.292. The lowest BCUT2D eigenvalue weighted by atomic mass is 10.0. The zero-order valence-electron chi connectivity index (χ0n) is 28.2. The zero-order valence-corrected chi connectivity index (χ0v) is 28.2. The molecule has 0 saturated carbocycles. The molecular formula is C40H45NO8. The standard InChI is InChI=1S/C40H45NO8/c1-40(2,3)49-39(43)41-33(24-29-16-8-4-9-17-29)37(42)48-38-36(46-27-32-22-14-7-15-23-32)35(45-26-31-20-12-6-13-21-31)34(28-47-38)44-25-30-18-10-5-11-19-30/h4-23,33-36,38H,24-28H2,1-3H3,(H,41,43). The molecule has 4 aromatic rings. The van der Waals surface area contributed by atoms with Gasteiger partial charge >= 0.3 is 12.1 Å². The summed E-state index contributed by atoms with van der Waals surface area (Å²) in [5.41, 5.74) is 2.97. The number of amides is 1. The monoisotopic (exact) mass is 667 g/mol. The van der Waals surface area contributed by atoms with E-state index in [-0.39, 0.29) is 26.2 Å². The summed E-state index contributed by atoms with van der Waals surface area (Å²) in [4.78, 5) is 26.8. The van der Waals surface area contributed by atoms with Crippen LogP contribution in [0.1, 0.15) is 43.0 Å². The first kappa shape index (κ1) is 35.8. The Hall–Kier alpha value is -4.54. The summed E-state index contributed by atoms with van der Waals surface area (Å²) in [7, 11) is 0. The van der Waals surface area contributed by atoms with Crippen molar-refractivity contribution in [2.75, 3.05) is 6.61 Å². The number of benzene rings is 4. The summed E-state index contributed by atoms with van der Waals surface area (Å²) in [6.07, 6.45) is -3.80. The van der Waals surface area contributed by atoms with Crippen molar-refractivity contribution < 1.29 is 38.0 Å². The average Bonchev–Trinajstić information content (AvgIpc) is 3.10. The fraction of sp³-hybridized carbons (Fsp3) is 0.350. The molecule has 1 aliphatic rings. The number of carbonyl (C=O) groups is 2. The van der Waals surface area contributed by atoms with E-state index in [2.05, 4.69) is 5.32 Å². The van der Waals surface area contributed by atoms with E-state index < -0.39 is 48.3 Å². The topological polar surface area (TPSA) is 102 Å². The van der Waals surface area contributed by atoms with Crippen molar-refractivity contribution >= 4 is 12.1 Å². The normalized spacial score (nSPS) is 19.8. The second kappa shape index (κ2) is 17.7. The van der Waals surface area contributed by atoms with Gasteiger partial charge in [-0.1, -0.05) is 121 Å². The van der Waals surface area contributed by atoms with E-state index in [1.54, 1.807) is 20.8 Å². The van der Waals surface area contributed by atoms with Crippen LogP contribution in [0.2, 0.25) is 0 Å². The van der Waals surface area contributed by atoms with Crippen molar-refractivity contribution in [3.8, 4) is 0 Å². The van der Waals surface area contributed by atoms with Crippen molar-refractivity contribution in [2.24, 2.45) is 0 Å². The Morgan fingerprint density at radius 2 is 1.12 bits per heavy atom. The molecule has 1 N–H and O–H groups in total. The molecule has 0 aromatic heterocycles. The van der Waals surface area contributed by atoms with Crippen molar-refractivity contribution in [3.05, 3.63) is 144 Å². The maximum atomic E-state index is 13.9. The second-order valence-electron chi connectivity index (χ2n) is 12.9. The summed E-state index contributed by atoms with van der Waals surface area (Å²) in [6.45, 7) is 6.17. The van der Waals surface area contributed by atoms with Gasteiger partial charge in [-0.2, -0.15) is 0 Å². The number of rotatable bonds is 14. The Kier molecular flexibility index (Phi) is 12.9. The predicted molar refractivity (Wildman–Crippen MR) is 184 cm³/mol. The summed E-state index contributed by atoms with van der Waals surface area (Å²) < 4.78 is 37.2. The number of esters is 1. The van der Waals surface area contributed by atoms with Gasteiger partial charge in [-0.3, -0.25) is 0 Å². The summed E-state index contributed by atoms with van der Waals surface area (Å²) >= 11 is 0. The van der Waals surface area contributed by atoms with Gasteiger partial charge in [0.05, 0.1) is 26.4 Å². The van der Waals surface area contributed by atoms with Gasteiger partial charge in [-0.05, 0) is 43.0 Å². The van der Waals surface area contributed by atoms with Crippen LogP contribution in [-0.2, 0) is 59.5 Å². The maximum Gasteiger partial charge on any atom is 0.408 e. The molecule has 1 fully saturated rings. The molecule has 0 spiro atoms. The molecule has 5 unspecified atom stereocenters. The molecule has 5 atom stereocenters. The summed E-state index contributed by atoms with van der Waals surface area (Å²) in [5.74, 6) is -0.696. The number of ether oxygens (including phenoxy) is 6. The van der Waals surface area contributed by atoms with Crippen molar-refractivity contribution in [1.29, 1.82) is 0 Å². The van der Waals surface area contributed by atoms with Gasteiger partial charge in [0.2, 0.25) is 6.29 Å². The maximum absolute atomic E-state index is 13.9. The molecule has 258 valence electrons. The highest BCUT2D eigenvalue weighted by molar-refractivity contribution is 5.82. The molecule has 9 nitrogen and oxygen atoms in total. The van der Waals surface area contributed by atoms with Gasteiger partial charge in [-0.15, -0.1) is 0 Å². The van der Waals surface area contributed by atoms with E-state index >= 15 is 0 Å².